The van der Waals surface area contributed by atoms with Crippen LogP contribution in [0.3, 0.4) is 0 Å². The van der Waals surface area contributed by atoms with E-state index in [2.05, 4.69) is 27.0 Å². The Morgan fingerprint density at radius 3 is 2.45 bits per heavy atom. The minimum Gasteiger partial charge on any atom is -0.470 e. The number of rotatable bonds is 7. The average molecular weight is 488 g/mol. The van der Waals surface area contributed by atoms with Crippen LogP contribution in [0.25, 0.3) is 0 Å². The topological polar surface area (TPSA) is 65.9 Å². The molecule has 2 aromatic carbocycles. The van der Waals surface area contributed by atoms with Crippen LogP contribution in [-0.4, -0.2) is 40.9 Å². The van der Waals surface area contributed by atoms with Gasteiger partial charge in [-0.15, -0.1) is 0 Å². The van der Waals surface area contributed by atoms with Crippen molar-refractivity contribution in [2.45, 2.75) is 32.1 Å². The van der Waals surface area contributed by atoms with Crippen LogP contribution in [0, 0.1) is 0 Å². The van der Waals surface area contributed by atoms with Crippen molar-refractivity contribution in [3.63, 3.8) is 0 Å². The van der Waals surface area contributed by atoms with E-state index in [1.54, 1.807) is 24.5 Å². The molecule has 2 aliphatic heterocycles. The Bertz CT molecular complexity index is 1120. The first-order valence-electron chi connectivity index (χ1n) is 10.8. The number of piperidine rings is 1. The first-order valence-corrected chi connectivity index (χ1v) is 11.5. The predicted octanol–water partition coefficient (Wildman–Crippen LogP) is 5.13. The van der Waals surface area contributed by atoms with Crippen LogP contribution in [0.4, 0.5) is 0 Å². The summed E-state index contributed by atoms with van der Waals surface area (Å²) in [5.41, 5.74) is 2.10. The standard InChI is InChI=1S/C24H23Cl2N3O4/c25-19-3-1-17(11-20(19)26)14-30-23-24(28-8-7-27-23)33-18-5-9-29(10-6-18)13-16-2-4-21-22(12-16)32-15-31-21/h1-4,7-8,11-12,18H,5-6,9-10,13-15H2. The molecule has 1 aromatic heterocycles. The summed E-state index contributed by atoms with van der Waals surface area (Å²) in [5.74, 6) is 2.41. The first kappa shape index (κ1) is 22.1. The minimum absolute atomic E-state index is 0.0574. The monoisotopic (exact) mass is 487 g/mol. The summed E-state index contributed by atoms with van der Waals surface area (Å²) in [6.45, 7) is 3.31. The zero-order valence-corrected chi connectivity index (χ0v) is 19.4. The molecule has 33 heavy (non-hydrogen) atoms. The second kappa shape index (κ2) is 10.0. The molecule has 9 heteroatoms. The molecule has 1 fully saturated rings. The van der Waals surface area contributed by atoms with E-state index >= 15 is 0 Å². The normalized spacial score (nSPS) is 16.1. The highest BCUT2D eigenvalue weighted by Crippen LogP contribution is 2.33. The Morgan fingerprint density at radius 2 is 1.64 bits per heavy atom. The van der Waals surface area contributed by atoms with Crippen molar-refractivity contribution in [1.82, 2.24) is 14.9 Å². The van der Waals surface area contributed by atoms with Crippen molar-refractivity contribution in [2.24, 2.45) is 0 Å². The maximum Gasteiger partial charge on any atom is 0.278 e. The molecule has 0 spiro atoms. The molecule has 3 heterocycles. The van der Waals surface area contributed by atoms with E-state index in [9.17, 15) is 0 Å². The molecule has 5 rings (SSSR count). The maximum absolute atomic E-state index is 6.17. The van der Waals surface area contributed by atoms with Gasteiger partial charge in [0.1, 0.15) is 12.7 Å². The van der Waals surface area contributed by atoms with Gasteiger partial charge in [0.05, 0.1) is 10.0 Å². The lowest BCUT2D eigenvalue weighted by molar-refractivity contribution is 0.0883. The van der Waals surface area contributed by atoms with Gasteiger partial charge in [-0.3, -0.25) is 4.90 Å². The zero-order valence-electron chi connectivity index (χ0n) is 17.9. The SMILES string of the molecule is Clc1ccc(COc2nccnc2OC2CCN(Cc3ccc4c(c3)OCO4)CC2)cc1Cl. The number of hydrogen-bond acceptors (Lipinski definition) is 7. The third-order valence-electron chi connectivity index (χ3n) is 5.65. The third-order valence-corrected chi connectivity index (χ3v) is 6.39. The maximum atomic E-state index is 6.17. The summed E-state index contributed by atoms with van der Waals surface area (Å²) in [7, 11) is 0. The van der Waals surface area contributed by atoms with E-state index in [0.29, 0.717) is 35.2 Å². The van der Waals surface area contributed by atoms with Gasteiger partial charge < -0.3 is 18.9 Å². The van der Waals surface area contributed by atoms with Gasteiger partial charge in [0.25, 0.3) is 11.8 Å². The van der Waals surface area contributed by atoms with Gasteiger partial charge in [-0.25, -0.2) is 9.97 Å². The summed E-state index contributed by atoms with van der Waals surface area (Å²) in [6.07, 6.45) is 5.05. The van der Waals surface area contributed by atoms with Gasteiger partial charge in [0, 0.05) is 32.0 Å². The molecule has 3 aromatic rings. The van der Waals surface area contributed by atoms with Gasteiger partial charge in [-0.1, -0.05) is 35.3 Å². The Hall–Kier alpha value is -2.74. The Kier molecular flexibility index (Phi) is 6.71. The lowest BCUT2D eigenvalue weighted by Gasteiger charge is -2.32. The molecule has 0 bridgehead atoms. The van der Waals surface area contributed by atoms with Crippen LogP contribution in [0.5, 0.6) is 23.3 Å². The van der Waals surface area contributed by atoms with E-state index in [-0.39, 0.29) is 6.10 Å². The van der Waals surface area contributed by atoms with Gasteiger partial charge in [-0.05, 0) is 48.2 Å². The lowest BCUT2D eigenvalue weighted by Crippen LogP contribution is -2.38. The van der Waals surface area contributed by atoms with Crippen molar-refractivity contribution in [3.05, 3.63) is 70.0 Å². The number of ether oxygens (including phenoxy) is 4. The summed E-state index contributed by atoms with van der Waals surface area (Å²) < 4.78 is 22.9. The highest BCUT2D eigenvalue weighted by Gasteiger charge is 2.23. The Labute approximate surface area is 202 Å². The average Bonchev–Trinajstić information content (AvgIpc) is 3.30. The highest BCUT2D eigenvalue weighted by molar-refractivity contribution is 6.42. The molecule has 2 aliphatic rings. The molecule has 0 N–H and O–H groups in total. The summed E-state index contributed by atoms with van der Waals surface area (Å²) in [5, 5.41) is 0.995. The van der Waals surface area contributed by atoms with Gasteiger partial charge >= 0.3 is 0 Å². The number of benzene rings is 2. The van der Waals surface area contributed by atoms with Crippen LogP contribution < -0.4 is 18.9 Å². The molecule has 1 saturated heterocycles. The number of aromatic nitrogens is 2. The number of fused-ring (bicyclic) bond motifs is 1. The molecule has 7 nitrogen and oxygen atoms in total. The van der Waals surface area contributed by atoms with Gasteiger partial charge in [0.2, 0.25) is 6.79 Å². The van der Waals surface area contributed by atoms with E-state index in [1.807, 2.05) is 12.1 Å². The van der Waals surface area contributed by atoms with Crippen molar-refractivity contribution in [3.8, 4) is 23.3 Å². The molecule has 172 valence electrons. The smallest absolute Gasteiger partial charge is 0.278 e. The van der Waals surface area contributed by atoms with Crippen LogP contribution >= 0.6 is 23.2 Å². The fourth-order valence-electron chi connectivity index (χ4n) is 3.91. The third kappa shape index (κ3) is 5.43. The van der Waals surface area contributed by atoms with Gasteiger partial charge in [-0.2, -0.15) is 0 Å². The van der Waals surface area contributed by atoms with E-state index in [0.717, 1.165) is 49.5 Å². The molecule has 0 atom stereocenters. The van der Waals surface area contributed by atoms with Crippen molar-refractivity contribution >= 4 is 23.2 Å². The van der Waals surface area contributed by atoms with E-state index < -0.39 is 0 Å². The number of nitrogens with zero attached hydrogens (tertiary/aromatic N) is 3. The number of halogens is 2. The lowest BCUT2D eigenvalue weighted by atomic mass is 10.1. The molecule has 0 radical (unpaired) electrons. The second-order valence-corrected chi connectivity index (χ2v) is 8.80. The predicted molar refractivity (Wildman–Crippen MR) is 124 cm³/mol. The number of hydrogen-bond donors (Lipinski definition) is 0. The van der Waals surface area contributed by atoms with Crippen molar-refractivity contribution < 1.29 is 18.9 Å². The molecule has 0 saturated carbocycles. The van der Waals surface area contributed by atoms with Crippen LogP contribution in [-0.2, 0) is 13.2 Å². The quantitative estimate of drug-likeness (QED) is 0.457. The van der Waals surface area contributed by atoms with Crippen LogP contribution in [0.2, 0.25) is 10.0 Å². The summed E-state index contributed by atoms with van der Waals surface area (Å²) >= 11 is 12.1. The largest absolute Gasteiger partial charge is 0.470 e. The van der Waals surface area contributed by atoms with Crippen molar-refractivity contribution in [1.29, 1.82) is 0 Å². The molecule has 0 amide bonds. The Morgan fingerprint density at radius 1 is 0.879 bits per heavy atom. The van der Waals surface area contributed by atoms with Gasteiger partial charge in [0.15, 0.2) is 11.5 Å². The first-order chi connectivity index (χ1) is 16.1. The molecular weight excluding hydrogens is 465 g/mol. The van der Waals surface area contributed by atoms with Crippen molar-refractivity contribution in [2.75, 3.05) is 19.9 Å². The molecular formula is C24H23Cl2N3O4. The molecule has 0 aliphatic carbocycles. The highest BCUT2D eigenvalue weighted by atomic mass is 35.5. The molecule has 0 unspecified atom stereocenters. The zero-order chi connectivity index (χ0) is 22.6. The fraction of sp³-hybridized carbons (Fsp3) is 0.333. The second-order valence-electron chi connectivity index (χ2n) is 7.98. The minimum atomic E-state index is 0.0574. The Balaban J connectivity index is 1.14. The van der Waals surface area contributed by atoms with Crippen LogP contribution in [0.15, 0.2) is 48.8 Å². The van der Waals surface area contributed by atoms with Crippen LogP contribution in [0.1, 0.15) is 24.0 Å². The van der Waals surface area contributed by atoms with E-state index in [4.69, 9.17) is 42.1 Å². The fourth-order valence-corrected chi connectivity index (χ4v) is 4.23. The summed E-state index contributed by atoms with van der Waals surface area (Å²) in [4.78, 5) is 11.1. The summed E-state index contributed by atoms with van der Waals surface area (Å²) in [6, 6.07) is 11.5. The van der Waals surface area contributed by atoms with E-state index in [1.165, 1.54) is 5.56 Å². The number of likely N-dealkylation sites (tertiary alicyclic amines) is 1.